The number of halogens is 1. The summed E-state index contributed by atoms with van der Waals surface area (Å²) in [4.78, 5) is 29.5. The van der Waals surface area contributed by atoms with E-state index in [0.29, 0.717) is 32.6 Å². The first-order chi connectivity index (χ1) is 13.7. The number of aliphatic imine (C=N–C) groups is 1. The summed E-state index contributed by atoms with van der Waals surface area (Å²) in [6.45, 7) is 10.4. The highest BCUT2D eigenvalue weighted by Crippen LogP contribution is 2.10. The normalized spacial score (nSPS) is 14.3. The Labute approximate surface area is 190 Å². The maximum Gasteiger partial charge on any atom is 0.225 e. The summed E-state index contributed by atoms with van der Waals surface area (Å²) in [5, 5.41) is 6.44. The van der Waals surface area contributed by atoms with Crippen LogP contribution in [0, 0.1) is 0 Å². The summed E-state index contributed by atoms with van der Waals surface area (Å²) in [5.74, 6) is 1.64. The molecular formula is C19H34IN7O2. The standard InChI is InChI=1S/C19H33N7O2.HI/c1-3-20-18(21-10-6-16-28-4-2)22-11-7-17(27)25-12-14-26(15-13-25)19-23-8-5-9-24-19;/h5,8-9H,3-4,6-7,10-16H2,1-2H3,(H2,20,21,22);1H. The minimum atomic E-state index is 0. The zero-order valence-corrected chi connectivity index (χ0v) is 19.8. The Bertz CT molecular complexity index is 595. The van der Waals surface area contributed by atoms with E-state index in [-0.39, 0.29) is 29.9 Å². The predicted octanol–water partition coefficient (Wildman–Crippen LogP) is 1.12. The maximum absolute atomic E-state index is 12.5. The molecule has 2 rings (SSSR count). The van der Waals surface area contributed by atoms with Gasteiger partial charge in [0.1, 0.15) is 0 Å². The van der Waals surface area contributed by atoms with Crippen molar-refractivity contribution < 1.29 is 9.53 Å². The molecule has 1 aliphatic rings. The van der Waals surface area contributed by atoms with Crippen LogP contribution in [0.4, 0.5) is 5.95 Å². The molecule has 0 saturated carbocycles. The third kappa shape index (κ3) is 9.57. The number of nitrogens with one attached hydrogen (secondary N) is 2. The quantitative estimate of drug-likeness (QED) is 0.207. The Morgan fingerprint density at radius 1 is 1.17 bits per heavy atom. The number of ether oxygens (including phenoxy) is 1. The van der Waals surface area contributed by atoms with Crippen molar-refractivity contribution in [3.05, 3.63) is 18.5 Å². The molecule has 0 aromatic carbocycles. The van der Waals surface area contributed by atoms with Gasteiger partial charge in [-0.2, -0.15) is 0 Å². The fourth-order valence-electron chi connectivity index (χ4n) is 2.90. The fraction of sp³-hybridized carbons (Fsp3) is 0.684. The highest BCUT2D eigenvalue weighted by molar-refractivity contribution is 14.0. The number of piperazine rings is 1. The molecule has 2 N–H and O–H groups in total. The van der Waals surface area contributed by atoms with Gasteiger partial charge in [-0.25, -0.2) is 9.97 Å². The number of anilines is 1. The van der Waals surface area contributed by atoms with Crippen LogP contribution in [0.3, 0.4) is 0 Å². The van der Waals surface area contributed by atoms with Gasteiger partial charge >= 0.3 is 0 Å². The molecule has 0 aliphatic carbocycles. The van der Waals surface area contributed by atoms with E-state index in [9.17, 15) is 4.79 Å². The second-order valence-electron chi connectivity index (χ2n) is 6.40. The van der Waals surface area contributed by atoms with Gasteiger partial charge < -0.3 is 25.2 Å². The van der Waals surface area contributed by atoms with E-state index in [1.54, 1.807) is 18.5 Å². The molecule has 9 nitrogen and oxygen atoms in total. The molecule has 0 spiro atoms. The van der Waals surface area contributed by atoms with E-state index in [2.05, 4.69) is 30.5 Å². The van der Waals surface area contributed by atoms with Gasteiger partial charge in [-0.15, -0.1) is 24.0 Å². The molecule has 0 atom stereocenters. The Morgan fingerprint density at radius 2 is 1.90 bits per heavy atom. The number of rotatable bonds is 10. The lowest BCUT2D eigenvalue weighted by Gasteiger charge is -2.34. The van der Waals surface area contributed by atoms with Crippen molar-refractivity contribution in [2.24, 2.45) is 4.99 Å². The van der Waals surface area contributed by atoms with Crippen molar-refractivity contribution in [2.45, 2.75) is 26.7 Å². The maximum atomic E-state index is 12.5. The van der Waals surface area contributed by atoms with Crippen LogP contribution in [-0.2, 0) is 9.53 Å². The SMILES string of the molecule is CCNC(=NCCCOCC)NCCC(=O)N1CCN(c2ncccn2)CC1.I. The molecule has 1 aromatic heterocycles. The second kappa shape index (κ2) is 15.2. The molecule has 1 amide bonds. The summed E-state index contributed by atoms with van der Waals surface area (Å²) in [6, 6.07) is 1.81. The van der Waals surface area contributed by atoms with Gasteiger partial charge in [0, 0.05) is 77.8 Å². The van der Waals surface area contributed by atoms with Crippen molar-refractivity contribution in [1.82, 2.24) is 25.5 Å². The van der Waals surface area contributed by atoms with Crippen LogP contribution in [0.15, 0.2) is 23.5 Å². The van der Waals surface area contributed by atoms with Crippen molar-refractivity contribution in [1.29, 1.82) is 0 Å². The molecule has 10 heteroatoms. The molecular weight excluding hydrogens is 485 g/mol. The molecule has 1 saturated heterocycles. The summed E-state index contributed by atoms with van der Waals surface area (Å²) >= 11 is 0. The molecule has 2 heterocycles. The number of guanidine groups is 1. The van der Waals surface area contributed by atoms with E-state index in [0.717, 1.165) is 51.2 Å². The number of hydrogen-bond acceptors (Lipinski definition) is 6. The van der Waals surface area contributed by atoms with Crippen molar-refractivity contribution in [3.8, 4) is 0 Å². The molecule has 1 aliphatic heterocycles. The third-order valence-electron chi connectivity index (χ3n) is 4.36. The second-order valence-corrected chi connectivity index (χ2v) is 6.40. The lowest BCUT2D eigenvalue weighted by atomic mass is 10.3. The first-order valence-corrected chi connectivity index (χ1v) is 10.1. The lowest BCUT2D eigenvalue weighted by molar-refractivity contribution is -0.131. The van der Waals surface area contributed by atoms with Crippen molar-refractivity contribution in [3.63, 3.8) is 0 Å². The summed E-state index contributed by atoms with van der Waals surface area (Å²) in [5.41, 5.74) is 0. The monoisotopic (exact) mass is 519 g/mol. The smallest absolute Gasteiger partial charge is 0.225 e. The molecule has 0 bridgehead atoms. The van der Waals surface area contributed by atoms with E-state index in [1.807, 2.05) is 18.7 Å². The summed E-state index contributed by atoms with van der Waals surface area (Å²) in [7, 11) is 0. The Balaban J connectivity index is 0.00000420. The van der Waals surface area contributed by atoms with E-state index in [1.165, 1.54) is 0 Å². The number of nitrogens with zero attached hydrogens (tertiary/aromatic N) is 5. The molecule has 164 valence electrons. The average molecular weight is 519 g/mol. The van der Waals surface area contributed by atoms with Gasteiger partial charge in [0.15, 0.2) is 5.96 Å². The van der Waals surface area contributed by atoms with Crippen molar-refractivity contribution in [2.75, 3.05) is 63.9 Å². The number of carbonyl (C=O) groups is 1. The summed E-state index contributed by atoms with van der Waals surface area (Å²) < 4.78 is 5.32. The topological polar surface area (TPSA) is 95.0 Å². The van der Waals surface area contributed by atoms with Crippen LogP contribution in [0.5, 0.6) is 0 Å². The van der Waals surface area contributed by atoms with Crippen LogP contribution in [0.2, 0.25) is 0 Å². The van der Waals surface area contributed by atoms with Crippen LogP contribution < -0.4 is 15.5 Å². The van der Waals surface area contributed by atoms with Crippen LogP contribution in [0.1, 0.15) is 26.7 Å². The van der Waals surface area contributed by atoms with E-state index >= 15 is 0 Å². The predicted molar refractivity (Wildman–Crippen MR) is 126 cm³/mol. The first-order valence-electron chi connectivity index (χ1n) is 10.1. The molecule has 0 radical (unpaired) electrons. The Morgan fingerprint density at radius 3 is 2.55 bits per heavy atom. The highest BCUT2D eigenvalue weighted by atomic mass is 127. The summed E-state index contributed by atoms with van der Waals surface area (Å²) in [6.07, 6.45) is 4.82. The van der Waals surface area contributed by atoms with E-state index < -0.39 is 0 Å². The van der Waals surface area contributed by atoms with Gasteiger partial charge in [-0.05, 0) is 26.3 Å². The first kappa shape index (κ1) is 25.3. The lowest BCUT2D eigenvalue weighted by Crippen LogP contribution is -2.50. The minimum Gasteiger partial charge on any atom is -0.382 e. The zero-order valence-electron chi connectivity index (χ0n) is 17.5. The highest BCUT2D eigenvalue weighted by Gasteiger charge is 2.22. The minimum absolute atomic E-state index is 0. The molecule has 29 heavy (non-hydrogen) atoms. The number of carbonyl (C=O) groups excluding carboxylic acids is 1. The van der Waals surface area contributed by atoms with Gasteiger partial charge in [0.2, 0.25) is 11.9 Å². The largest absolute Gasteiger partial charge is 0.382 e. The van der Waals surface area contributed by atoms with Crippen LogP contribution in [-0.4, -0.2) is 85.8 Å². The number of amides is 1. The van der Waals surface area contributed by atoms with Gasteiger partial charge in [0.25, 0.3) is 0 Å². The number of hydrogen-bond donors (Lipinski definition) is 2. The van der Waals surface area contributed by atoms with Gasteiger partial charge in [0.05, 0.1) is 0 Å². The average Bonchev–Trinajstić information content (AvgIpc) is 2.74. The zero-order chi connectivity index (χ0) is 20.0. The molecule has 1 aromatic rings. The molecule has 1 fully saturated rings. The number of aromatic nitrogens is 2. The third-order valence-corrected chi connectivity index (χ3v) is 4.36. The Kier molecular flexibility index (Phi) is 13.3. The van der Waals surface area contributed by atoms with Crippen molar-refractivity contribution >= 4 is 41.8 Å². The molecule has 0 unspecified atom stereocenters. The fourth-order valence-corrected chi connectivity index (χ4v) is 2.90. The van der Waals surface area contributed by atoms with Crippen LogP contribution in [0.25, 0.3) is 0 Å². The Hall–Kier alpha value is -1.69. The van der Waals surface area contributed by atoms with Gasteiger partial charge in [-0.3, -0.25) is 9.79 Å². The van der Waals surface area contributed by atoms with E-state index in [4.69, 9.17) is 4.74 Å². The van der Waals surface area contributed by atoms with Crippen LogP contribution >= 0.6 is 24.0 Å². The van der Waals surface area contributed by atoms with Gasteiger partial charge in [-0.1, -0.05) is 0 Å².